The van der Waals surface area contributed by atoms with Crippen LogP contribution in [0.1, 0.15) is 43.8 Å². The maximum absolute atomic E-state index is 10.4. The van der Waals surface area contributed by atoms with Gasteiger partial charge in [0.15, 0.2) is 0 Å². The van der Waals surface area contributed by atoms with E-state index in [1.807, 2.05) is 17.8 Å². The molecule has 1 fully saturated rings. The van der Waals surface area contributed by atoms with Crippen molar-refractivity contribution < 1.29 is 5.11 Å². The molecule has 2 aliphatic rings. The zero-order chi connectivity index (χ0) is 10.3. The van der Waals surface area contributed by atoms with Gasteiger partial charge in [-0.05, 0) is 24.5 Å². The van der Waals surface area contributed by atoms with Gasteiger partial charge in [-0.2, -0.15) is 0 Å². The quantitative estimate of drug-likeness (QED) is 0.721. The third kappa shape index (κ3) is 1.42. The maximum Gasteiger partial charge on any atom is 0.0950 e. The average molecular weight is 220 g/mol. The molecular formula is C13H16OS. The number of hydrogen-bond donors (Lipinski definition) is 1. The summed E-state index contributed by atoms with van der Waals surface area (Å²) in [6.07, 6.45) is 6.00. The summed E-state index contributed by atoms with van der Waals surface area (Å²) in [5.74, 6) is 0. The molecule has 1 aromatic carbocycles. The molecule has 1 spiro atoms. The highest BCUT2D eigenvalue weighted by atomic mass is 32.2. The van der Waals surface area contributed by atoms with Crippen LogP contribution in [0, 0.1) is 0 Å². The summed E-state index contributed by atoms with van der Waals surface area (Å²) in [5, 5.41) is 10.4. The average Bonchev–Trinajstić information content (AvgIpc) is 2.54. The molecule has 0 saturated heterocycles. The fourth-order valence-electron chi connectivity index (χ4n) is 2.88. The summed E-state index contributed by atoms with van der Waals surface area (Å²) in [7, 11) is 0. The number of aliphatic hydroxyl groups is 1. The Morgan fingerprint density at radius 1 is 1.13 bits per heavy atom. The first-order chi connectivity index (χ1) is 7.32. The fraction of sp³-hybridized carbons (Fsp3) is 0.538. The predicted molar refractivity (Wildman–Crippen MR) is 63.1 cm³/mol. The van der Waals surface area contributed by atoms with Crippen LogP contribution in [0.25, 0.3) is 0 Å². The van der Waals surface area contributed by atoms with Gasteiger partial charge in [0.2, 0.25) is 0 Å². The van der Waals surface area contributed by atoms with Crippen molar-refractivity contribution in [2.45, 2.75) is 47.9 Å². The first kappa shape index (κ1) is 9.73. The first-order valence-corrected chi connectivity index (χ1v) is 6.59. The molecule has 1 nitrogen and oxygen atoms in total. The largest absolute Gasteiger partial charge is 0.387 e. The van der Waals surface area contributed by atoms with Gasteiger partial charge >= 0.3 is 0 Å². The van der Waals surface area contributed by atoms with E-state index >= 15 is 0 Å². The van der Waals surface area contributed by atoms with E-state index in [0.717, 1.165) is 5.56 Å². The SMILES string of the molecule is OC1c2ccccc2SC12CCCCC2. The van der Waals surface area contributed by atoms with Crippen LogP contribution in [-0.4, -0.2) is 9.85 Å². The zero-order valence-electron chi connectivity index (χ0n) is 8.78. The summed E-state index contributed by atoms with van der Waals surface area (Å²) in [4.78, 5) is 1.30. The van der Waals surface area contributed by atoms with Crippen LogP contribution in [0.3, 0.4) is 0 Å². The highest BCUT2D eigenvalue weighted by Gasteiger charge is 2.46. The van der Waals surface area contributed by atoms with E-state index in [0.29, 0.717) is 0 Å². The van der Waals surface area contributed by atoms with Crippen LogP contribution in [0.2, 0.25) is 0 Å². The molecule has 1 aromatic rings. The monoisotopic (exact) mass is 220 g/mol. The number of fused-ring (bicyclic) bond motifs is 1. The van der Waals surface area contributed by atoms with Gasteiger partial charge in [-0.3, -0.25) is 0 Å². The number of hydrogen-bond acceptors (Lipinski definition) is 2. The van der Waals surface area contributed by atoms with Crippen LogP contribution in [0.15, 0.2) is 29.2 Å². The smallest absolute Gasteiger partial charge is 0.0950 e. The van der Waals surface area contributed by atoms with Gasteiger partial charge in [-0.1, -0.05) is 37.5 Å². The molecule has 1 aliphatic heterocycles. The molecule has 1 aliphatic carbocycles. The minimum absolute atomic E-state index is 0.113. The maximum atomic E-state index is 10.4. The molecule has 0 aromatic heterocycles. The number of thioether (sulfide) groups is 1. The van der Waals surface area contributed by atoms with Crippen LogP contribution in [-0.2, 0) is 0 Å². The molecule has 0 radical (unpaired) electrons. The van der Waals surface area contributed by atoms with Crippen molar-refractivity contribution in [1.29, 1.82) is 0 Å². The van der Waals surface area contributed by atoms with E-state index < -0.39 is 0 Å². The lowest BCUT2D eigenvalue weighted by Gasteiger charge is -2.35. The number of benzene rings is 1. The second kappa shape index (κ2) is 3.53. The second-order valence-corrected chi connectivity index (χ2v) is 6.12. The molecule has 15 heavy (non-hydrogen) atoms. The van der Waals surface area contributed by atoms with Crippen molar-refractivity contribution in [2.24, 2.45) is 0 Å². The zero-order valence-corrected chi connectivity index (χ0v) is 9.59. The van der Waals surface area contributed by atoms with E-state index in [2.05, 4.69) is 18.2 Å². The van der Waals surface area contributed by atoms with Crippen LogP contribution < -0.4 is 0 Å². The number of rotatable bonds is 0. The Balaban J connectivity index is 1.98. The van der Waals surface area contributed by atoms with Crippen LogP contribution in [0.5, 0.6) is 0 Å². The van der Waals surface area contributed by atoms with Crippen LogP contribution >= 0.6 is 11.8 Å². The highest BCUT2D eigenvalue weighted by Crippen LogP contribution is 2.58. The highest BCUT2D eigenvalue weighted by molar-refractivity contribution is 8.01. The van der Waals surface area contributed by atoms with Crippen molar-refractivity contribution in [1.82, 2.24) is 0 Å². The lowest BCUT2D eigenvalue weighted by molar-refractivity contribution is 0.111. The van der Waals surface area contributed by atoms with E-state index in [4.69, 9.17) is 0 Å². The van der Waals surface area contributed by atoms with Gasteiger partial charge in [0.25, 0.3) is 0 Å². The van der Waals surface area contributed by atoms with E-state index in [1.54, 1.807) is 0 Å². The van der Waals surface area contributed by atoms with Gasteiger partial charge in [-0.15, -0.1) is 11.8 Å². The predicted octanol–water partition coefficient (Wildman–Crippen LogP) is 3.53. The van der Waals surface area contributed by atoms with Gasteiger partial charge in [-0.25, -0.2) is 0 Å². The molecule has 1 N–H and O–H groups in total. The van der Waals surface area contributed by atoms with Crippen molar-refractivity contribution in [3.05, 3.63) is 29.8 Å². The summed E-state index contributed by atoms with van der Waals surface area (Å²) in [6.45, 7) is 0. The molecule has 1 atom stereocenters. The molecule has 1 unspecified atom stereocenters. The molecule has 2 heteroatoms. The molecular weight excluding hydrogens is 204 g/mol. The van der Waals surface area contributed by atoms with Gasteiger partial charge in [0.1, 0.15) is 0 Å². The van der Waals surface area contributed by atoms with Crippen molar-refractivity contribution in [3.63, 3.8) is 0 Å². The van der Waals surface area contributed by atoms with E-state index in [1.165, 1.54) is 37.0 Å². The Hall–Kier alpha value is -0.470. The topological polar surface area (TPSA) is 20.2 Å². The Morgan fingerprint density at radius 2 is 1.87 bits per heavy atom. The fourth-order valence-corrected chi connectivity index (χ4v) is 4.50. The summed E-state index contributed by atoms with van der Waals surface area (Å²) >= 11 is 1.92. The van der Waals surface area contributed by atoms with Gasteiger partial charge in [0, 0.05) is 4.90 Å². The molecule has 80 valence electrons. The second-order valence-electron chi connectivity index (χ2n) is 4.67. The minimum atomic E-state index is -0.237. The summed E-state index contributed by atoms with van der Waals surface area (Å²) < 4.78 is 0.113. The van der Waals surface area contributed by atoms with Crippen LogP contribution in [0.4, 0.5) is 0 Å². The van der Waals surface area contributed by atoms with Crippen molar-refractivity contribution >= 4 is 11.8 Å². The van der Waals surface area contributed by atoms with Crippen molar-refractivity contribution in [3.8, 4) is 0 Å². The molecule has 0 amide bonds. The Kier molecular flexibility index (Phi) is 2.29. The molecule has 3 rings (SSSR count). The normalized spacial score (nSPS) is 27.9. The van der Waals surface area contributed by atoms with E-state index in [-0.39, 0.29) is 10.9 Å². The summed E-state index contributed by atoms with van der Waals surface area (Å²) in [6, 6.07) is 8.33. The Bertz CT molecular complexity index is 369. The number of aliphatic hydroxyl groups excluding tert-OH is 1. The standard InChI is InChI=1S/C13H16OS/c14-12-10-6-2-3-7-11(10)15-13(12)8-4-1-5-9-13/h2-3,6-7,12,14H,1,4-5,8-9H2. The third-order valence-corrected chi connectivity index (χ3v) is 5.35. The first-order valence-electron chi connectivity index (χ1n) is 5.78. The Morgan fingerprint density at radius 3 is 2.60 bits per heavy atom. The third-order valence-electron chi connectivity index (χ3n) is 3.73. The lowest BCUT2D eigenvalue weighted by Crippen LogP contribution is -2.31. The Labute approximate surface area is 94.9 Å². The van der Waals surface area contributed by atoms with Gasteiger partial charge < -0.3 is 5.11 Å². The molecule has 1 saturated carbocycles. The lowest BCUT2D eigenvalue weighted by atomic mass is 9.82. The molecule has 0 bridgehead atoms. The minimum Gasteiger partial charge on any atom is -0.387 e. The van der Waals surface area contributed by atoms with Crippen molar-refractivity contribution in [2.75, 3.05) is 0 Å². The van der Waals surface area contributed by atoms with Gasteiger partial charge in [0.05, 0.1) is 10.9 Å². The summed E-state index contributed by atoms with van der Waals surface area (Å²) in [5.41, 5.74) is 1.16. The molecule has 1 heterocycles. The van der Waals surface area contributed by atoms with E-state index in [9.17, 15) is 5.11 Å².